The molecule has 7 aliphatic heterocycles. The van der Waals surface area contributed by atoms with Crippen LogP contribution in [0.1, 0.15) is 79.9 Å². The van der Waals surface area contributed by atoms with E-state index in [1.807, 2.05) is 87.6 Å². The van der Waals surface area contributed by atoms with Crippen LogP contribution in [0.5, 0.6) is 40.2 Å². The number of likely N-dealkylation sites (N-methyl/N-ethyl adjacent to an activating group) is 1. The third kappa shape index (κ3) is 8.46. The maximum absolute atomic E-state index is 15.3. The van der Waals surface area contributed by atoms with Crippen LogP contribution < -0.4 is 38.5 Å². The van der Waals surface area contributed by atoms with Crippen molar-refractivity contribution in [1.29, 1.82) is 5.26 Å². The Balaban J connectivity index is 1.08. The number of hydrogen-bond donors (Lipinski definition) is 1. The van der Waals surface area contributed by atoms with E-state index in [9.17, 15) is 19.6 Å². The van der Waals surface area contributed by atoms with Crippen molar-refractivity contribution in [2.75, 3.05) is 47.0 Å². The summed E-state index contributed by atoms with van der Waals surface area (Å²) in [6.07, 6.45) is 6.98. The third-order valence-electron chi connectivity index (χ3n) is 15.2. The Morgan fingerprint density at radius 1 is 0.813 bits per heavy atom. The first-order valence-electron chi connectivity index (χ1n) is 24.7. The molecular formula is C58H54N4O12S. The van der Waals surface area contributed by atoms with Gasteiger partial charge >= 0.3 is 23.9 Å². The van der Waals surface area contributed by atoms with Crippen LogP contribution in [0.25, 0.3) is 12.2 Å². The topological polar surface area (TPSA) is 184 Å². The molecule has 17 heteroatoms. The molecule has 75 heavy (non-hydrogen) atoms. The van der Waals surface area contributed by atoms with Crippen molar-refractivity contribution >= 4 is 47.8 Å². The number of fused-ring (bicyclic) bond motifs is 9. The second kappa shape index (κ2) is 19.9. The van der Waals surface area contributed by atoms with Crippen molar-refractivity contribution in [1.82, 2.24) is 15.1 Å². The number of esters is 4. The maximum Gasteiger partial charge on any atom is 0.336 e. The lowest BCUT2D eigenvalue weighted by atomic mass is 9.71. The average Bonchev–Trinajstić information content (AvgIpc) is 3.91. The smallest absolute Gasteiger partial charge is 0.336 e. The molecule has 2 fully saturated rings. The molecule has 7 aliphatic rings. The molecule has 2 saturated heterocycles. The standard InChI is InChI=1S/C58H54N4O12S/c1-31-23-37-24-39-40(27-59)62-41-28-69-57(66)58(38-26-42(67-5)43(25-36(38)21-22-60-58)73-44(64)19-17-34-13-9-7-10-14-34)29-75-56(48-47(41)54-53(70-30-71-54)32(2)52(48)72-33(3)63)50(62)49(61(39)4)46(37)55(51(31)68-6)74-45(65)20-18-35-15-11-8-12-16-35/h7-20,23,25-26,39-41,49-50,56,60H,21-22,24,28-30H2,1-6H3/b19-17+,20-18+/t39-,40-,41-,49+,50?,56+,58+/m0/s1. The maximum atomic E-state index is 15.3. The molecule has 0 saturated carbocycles. The van der Waals surface area contributed by atoms with Crippen LogP contribution in [0, 0.1) is 25.2 Å². The highest BCUT2D eigenvalue weighted by molar-refractivity contribution is 7.99. The average molecular weight is 1030 g/mol. The first-order valence-corrected chi connectivity index (χ1v) is 25.8. The van der Waals surface area contributed by atoms with E-state index in [4.69, 9.17) is 37.9 Å². The zero-order chi connectivity index (χ0) is 52.3. The summed E-state index contributed by atoms with van der Waals surface area (Å²) in [6.45, 7) is 5.06. The van der Waals surface area contributed by atoms with Crippen molar-refractivity contribution in [3.8, 4) is 46.3 Å². The minimum absolute atomic E-state index is 0.0559. The molecule has 384 valence electrons. The van der Waals surface area contributed by atoms with Gasteiger partial charge in [-0.3, -0.25) is 19.9 Å². The Morgan fingerprint density at radius 3 is 2.17 bits per heavy atom. The van der Waals surface area contributed by atoms with Gasteiger partial charge in [-0.1, -0.05) is 66.7 Å². The Bertz CT molecular complexity index is 3270. The number of hydrogen-bond acceptors (Lipinski definition) is 17. The van der Waals surface area contributed by atoms with Crippen LogP contribution in [-0.4, -0.2) is 98.8 Å². The van der Waals surface area contributed by atoms with Gasteiger partial charge in [-0.25, -0.2) is 14.4 Å². The normalized spacial score (nSPS) is 24.3. The van der Waals surface area contributed by atoms with Crippen molar-refractivity contribution in [2.24, 2.45) is 0 Å². The number of methoxy groups -OCH3 is 2. The van der Waals surface area contributed by atoms with Crippen LogP contribution in [0.15, 0.2) is 91.0 Å². The monoisotopic (exact) mass is 1030 g/mol. The fourth-order valence-electron chi connectivity index (χ4n) is 12.1. The molecule has 4 bridgehead atoms. The molecule has 0 aromatic heterocycles. The fourth-order valence-corrected chi connectivity index (χ4v) is 13.8. The van der Waals surface area contributed by atoms with Crippen molar-refractivity contribution in [2.45, 2.75) is 74.6 Å². The van der Waals surface area contributed by atoms with E-state index < -0.39 is 64.9 Å². The lowest BCUT2D eigenvalue weighted by molar-refractivity contribution is -0.157. The molecule has 7 atom stereocenters. The molecule has 16 nitrogen and oxygen atoms in total. The number of piperazine rings is 1. The number of nitrogens with zero attached hydrogens (tertiary/aromatic N) is 3. The molecule has 5 aromatic rings. The molecule has 7 heterocycles. The predicted molar refractivity (Wildman–Crippen MR) is 277 cm³/mol. The van der Waals surface area contributed by atoms with Gasteiger partial charge in [0.15, 0.2) is 40.0 Å². The largest absolute Gasteiger partial charge is 0.493 e. The van der Waals surface area contributed by atoms with Gasteiger partial charge in [0, 0.05) is 65.7 Å². The Kier molecular flexibility index (Phi) is 13.2. The first-order chi connectivity index (χ1) is 36.3. The Morgan fingerprint density at radius 2 is 1.51 bits per heavy atom. The number of ether oxygens (including phenoxy) is 8. The minimum Gasteiger partial charge on any atom is -0.493 e. The van der Waals surface area contributed by atoms with Crippen molar-refractivity contribution in [3.05, 3.63) is 147 Å². The van der Waals surface area contributed by atoms with Gasteiger partial charge in [-0.15, -0.1) is 11.8 Å². The molecule has 1 spiro atoms. The summed E-state index contributed by atoms with van der Waals surface area (Å²) in [5.41, 5.74) is 5.59. The van der Waals surface area contributed by atoms with Crippen LogP contribution in [-0.2, 0) is 42.3 Å². The summed E-state index contributed by atoms with van der Waals surface area (Å²) < 4.78 is 49.7. The SMILES string of the molecule is COc1cc2c(cc1OC(=O)/C=C/c1ccccc1)CCN[C@]21CS[C@@H]2c3c(OC(C)=O)c(C)c4c(c3[C@H](COC1=O)N1C2[C@H]2c3c(cc(C)c(OC)c3OC(=O)/C=C/c3ccccc3)C[C@@H]([C@@H]1C#N)N2C)OCO4. The van der Waals surface area contributed by atoms with Gasteiger partial charge < -0.3 is 37.9 Å². The van der Waals surface area contributed by atoms with Crippen LogP contribution >= 0.6 is 11.8 Å². The van der Waals surface area contributed by atoms with E-state index >= 15 is 4.79 Å². The highest BCUT2D eigenvalue weighted by Gasteiger charge is 2.62. The van der Waals surface area contributed by atoms with Gasteiger partial charge in [0.1, 0.15) is 18.4 Å². The number of carbonyl (C=O) groups excluding carboxylic acids is 4. The van der Waals surface area contributed by atoms with E-state index in [2.05, 4.69) is 21.2 Å². The molecule has 12 rings (SSSR count). The summed E-state index contributed by atoms with van der Waals surface area (Å²) in [7, 11) is 5.00. The quantitative estimate of drug-likeness (QED) is 0.0856. The number of carbonyl (C=O) groups is 4. The lowest BCUT2D eigenvalue weighted by Gasteiger charge is -2.62. The van der Waals surface area contributed by atoms with Gasteiger partial charge in [0.25, 0.3) is 0 Å². The fraction of sp³-hybridized carbons (Fsp3) is 0.328. The summed E-state index contributed by atoms with van der Waals surface area (Å²) in [4.78, 5) is 60.3. The number of aryl methyl sites for hydroxylation is 1. The number of nitrogens with one attached hydrogen (secondary N) is 1. The van der Waals surface area contributed by atoms with Crippen molar-refractivity contribution in [3.63, 3.8) is 0 Å². The van der Waals surface area contributed by atoms with Gasteiger partial charge in [0.05, 0.1) is 37.6 Å². The zero-order valence-electron chi connectivity index (χ0n) is 42.2. The zero-order valence-corrected chi connectivity index (χ0v) is 43.0. The molecule has 5 aromatic carbocycles. The molecular weight excluding hydrogens is 977 g/mol. The van der Waals surface area contributed by atoms with Crippen LogP contribution in [0.3, 0.4) is 0 Å². The van der Waals surface area contributed by atoms with E-state index in [0.29, 0.717) is 64.5 Å². The highest BCUT2D eigenvalue weighted by atomic mass is 32.2. The Labute approximate surface area is 438 Å². The third-order valence-corrected chi connectivity index (χ3v) is 16.7. The Hall–Kier alpha value is -7.62. The second-order valence-corrected chi connectivity index (χ2v) is 20.5. The summed E-state index contributed by atoms with van der Waals surface area (Å²) >= 11 is 1.45. The number of benzene rings is 5. The number of rotatable bonds is 9. The van der Waals surface area contributed by atoms with Gasteiger partial charge in [-0.05, 0) is 91.4 Å². The van der Waals surface area contributed by atoms with Crippen LogP contribution in [0.2, 0.25) is 0 Å². The lowest BCUT2D eigenvalue weighted by Crippen LogP contribution is -2.69. The second-order valence-electron chi connectivity index (χ2n) is 19.4. The summed E-state index contributed by atoms with van der Waals surface area (Å²) in [6, 6.07) is 23.7. The predicted octanol–water partition coefficient (Wildman–Crippen LogP) is 7.81. The minimum atomic E-state index is -1.49. The summed E-state index contributed by atoms with van der Waals surface area (Å²) in [5.74, 6) is -0.134. The van der Waals surface area contributed by atoms with Gasteiger partial charge in [-0.2, -0.15) is 5.26 Å². The van der Waals surface area contributed by atoms with Crippen LogP contribution in [0.4, 0.5) is 0 Å². The highest BCUT2D eigenvalue weighted by Crippen LogP contribution is 2.65. The molecule has 1 N–H and O–H groups in total. The van der Waals surface area contributed by atoms with E-state index in [0.717, 1.165) is 27.8 Å². The molecule has 0 aliphatic carbocycles. The van der Waals surface area contributed by atoms with E-state index in [-0.39, 0.29) is 42.2 Å². The number of nitriles is 1. The molecule has 0 amide bonds. The molecule has 1 unspecified atom stereocenters. The van der Waals surface area contributed by atoms with E-state index in [1.165, 1.54) is 37.9 Å². The summed E-state index contributed by atoms with van der Waals surface area (Å²) in [5, 5.41) is 14.4. The van der Waals surface area contributed by atoms with E-state index in [1.54, 1.807) is 31.4 Å². The van der Waals surface area contributed by atoms with Gasteiger partial charge in [0.2, 0.25) is 6.79 Å². The van der Waals surface area contributed by atoms with Crippen molar-refractivity contribution < 1.29 is 57.1 Å². The number of thioether (sulfide) groups is 1. The molecule has 0 radical (unpaired) electrons. The first kappa shape index (κ1) is 49.6.